The molecule has 0 bridgehead atoms. The maximum atomic E-state index is 12.5. The van der Waals surface area contributed by atoms with Gasteiger partial charge in [0.05, 0.1) is 11.5 Å². The molecule has 2 amide bonds. The zero-order chi connectivity index (χ0) is 28.9. The van der Waals surface area contributed by atoms with Crippen LogP contribution in [0.5, 0.6) is 17.4 Å². The van der Waals surface area contributed by atoms with Crippen LogP contribution in [0, 0.1) is 5.92 Å². The van der Waals surface area contributed by atoms with E-state index in [1.165, 1.54) is 6.20 Å². The third-order valence-electron chi connectivity index (χ3n) is 6.76. The van der Waals surface area contributed by atoms with Crippen molar-refractivity contribution in [3.8, 4) is 17.4 Å². The molecule has 1 aliphatic rings. The Bertz CT molecular complexity index is 1320. The summed E-state index contributed by atoms with van der Waals surface area (Å²) in [6.07, 6.45) is 2.12. The number of nitrogens with one attached hydrogen (secondary N) is 2. The Morgan fingerprint density at radius 3 is 2.55 bits per heavy atom. The minimum Gasteiger partial charge on any atom is -0.490 e. The van der Waals surface area contributed by atoms with E-state index in [0.29, 0.717) is 35.4 Å². The summed E-state index contributed by atoms with van der Waals surface area (Å²) in [7, 11) is 0. The molecule has 0 spiro atoms. The van der Waals surface area contributed by atoms with Crippen molar-refractivity contribution in [2.45, 2.75) is 58.1 Å². The largest absolute Gasteiger partial charge is 0.490 e. The van der Waals surface area contributed by atoms with Crippen LogP contribution in [0.3, 0.4) is 0 Å². The van der Waals surface area contributed by atoms with Gasteiger partial charge in [-0.25, -0.2) is 4.98 Å². The predicted molar refractivity (Wildman–Crippen MR) is 154 cm³/mol. The molecule has 4 rings (SSSR count). The topological polar surface area (TPSA) is 136 Å². The average molecular weight is 547 g/mol. The standard InChI is InChI=1S/C31H38N4O5/c1-19(2)14-24-28-25(35-30(24)38)6-5-7-26(28)39-18-22(36)17-34-31(3,4)15-20-8-11-23(12-9-20)40-27-13-10-21(16-33-27)29(32)37/h5-13,16,19,22,24,34,36H,14-15,17-18H2,1-4H3,(H2,32,37)(H,35,38)/t22-,24?/m0/s1. The number of benzene rings is 2. The lowest BCUT2D eigenvalue weighted by atomic mass is 9.91. The number of pyridine rings is 1. The van der Waals surface area contributed by atoms with Gasteiger partial charge in [0, 0.05) is 35.6 Å². The molecule has 2 aromatic carbocycles. The minimum absolute atomic E-state index is 0.00108. The molecule has 3 aromatic rings. The van der Waals surface area contributed by atoms with E-state index in [1.807, 2.05) is 42.5 Å². The van der Waals surface area contributed by atoms with Crippen LogP contribution in [0.25, 0.3) is 0 Å². The number of carbonyl (C=O) groups excluding carboxylic acids is 2. The van der Waals surface area contributed by atoms with Gasteiger partial charge in [0.15, 0.2) is 0 Å². The van der Waals surface area contributed by atoms with Crippen LogP contribution in [0.1, 0.15) is 61.5 Å². The molecule has 0 saturated carbocycles. The number of aliphatic hydroxyl groups is 1. The lowest BCUT2D eigenvalue weighted by molar-refractivity contribution is -0.117. The van der Waals surface area contributed by atoms with Gasteiger partial charge < -0.3 is 30.9 Å². The summed E-state index contributed by atoms with van der Waals surface area (Å²) < 4.78 is 11.8. The van der Waals surface area contributed by atoms with Crippen molar-refractivity contribution in [1.29, 1.82) is 0 Å². The first-order chi connectivity index (χ1) is 19.0. The van der Waals surface area contributed by atoms with Crippen LogP contribution in [0.4, 0.5) is 5.69 Å². The van der Waals surface area contributed by atoms with Crippen LogP contribution in [-0.4, -0.2) is 46.7 Å². The number of aromatic nitrogens is 1. The van der Waals surface area contributed by atoms with Gasteiger partial charge in [0.1, 0.15) is 24.2 Å². The van der Waals surface area contributed by atoms with Gasteiger partial charge >= 0.3 is 0 Å². The quantitative estimate of drug-likeness (QED) is 0.249. The first-order valence-corrected chi connectivity index (χ1v) is 13.5. The fourth-order valence-corrected chi connectivity index (χ4v) is 4.78. The number of fused-ring (bicyclic) bond motifs is 1. The minimum atomic E-state index is -0.729. The van der Waals surface area contributed by atoms with Gasteiger partial charge in [-0.1, -0.05) is 32.0 Å². The summed E-state index contributed by atoms with van der Waals surface area (Å²) in [4.78, 5) is 27.8. The van der Waals surface area contributed by atoms with E-state index >= 15 is 0 Å². The molecule has 1 unspecified atom stereocenters. The van der Waals surface area contributed by atoms with E-state index in [1.54, 1.807) is 12.1 Å². The number of anilines is 1. The number of hydrogen-bond donors (Lipinski definition) is 4. The number of hydrogen-bond acceptors (Lipinski definition) is 7. The van der Waals surface area contributed by atoms with E-state index in [-0.39, 0.29) is 24.0 Å². The Morgan fingerprint density at radius 2 is 1.90 bits per heavy atom. The number of nitrogens with zero attached hydrogens (tertiary/aromatic N) is 1. The van der Waals surface area contributed by atoms with E-state index in [4.69, 9.17) is 15.2 Å². The molecule has 0 saturated heterocycles. The van der Waals surface area contributed by atoms with E-state index in [9.17, 15) is 14.7 Å². The lowest BCUT2D eigenvalue weighted by Crippen LogP contribution is -2.46. The van der Waals surface area contributed by atoms with E-state index in [2.05, 4.69) is 43.3 Å². The summed E-state index contributed by atoms with van der Waals surface area (Å²) in [5.41, 5.74) is 8.04. The van der Waals surface area contributed by atoms with Gasteiger partial charge in [-0.2, -0.15) is 0 Å². The molecule has 40 heavy (non-hydrogen) atoms. The second kappa shape index (κ2) is 12.5. The molecule has 9 heteroatoms. The molecule has 0 fully saturated rings. The number of carbonyl (C=O) groups is 2. The van der Waals surface area contributed by atoms with Crippen LogP contribution < -0.4 is 25.8 Å². The Morgan fingerprint density at radius 1 is 1.15 bits per heavy atom. The number of ether oxygens (including phenoxy) is 2. The van der Waals surface area contributed by atoms with Crippen molar-refractivity contribution in [1.82, 2.24) is 10.3 Å². The summed E-state index contributed by atoms with van der Waals surface area (Å²) in [6.45, 7) is 8.81. The van der Waals surface area contributed by atoms with Crippen LogP contribution >= 0.6 is 0 Å². The van der Waals surface area contributed by atoms with Crippen molar-refractivity contribution in [3.63, 3.8) is 0 Å². The molecular weight excluding hydrogens is 508 g/mol. The first-order valence-electron chi connectivity index (χ1n) is 13.5. The Kier molecular flexibility index (Phi) is 9.07. The summed E-state index contributed by atoms with van der Waals surface area (Å²) >= 11 is 0. The van der Waals surface area contributed by atoms with Gasteiger partial charge in [-0.05, 0) is 68.5 Å². The van der Waals surface area contributed by atoms with E-state index in [0.717, 1.165) is 29.7 Å². The molecule has 1 aliphatic heterocycles. The van der Waals surface area contributed by atoms with Crippen molar-refractivity contribution in [3.05, 3.63) is 77.5 Å². The van der Waals surface area contributed by atoms with Crippen molar-refractivity contribution >= 4 is 17.5 Å². The number of aliphatic hydroxyl groups excluding tert-OH is 1. The molecule has 0 aliphatic carbocycles. The predicted octanol–water partition coefficient (Wildman–Crippen LogP) is 4.41. The lowest BCUT2D eigenvalue weighted by Gasteiger charge is -2.28. The van der Waals surface area contributed by atoms with Gasteiger partial charge in [-0.15, -0.1) is 0 Å². The van der Waals surface area contributed by atoms with Gasteiger partial charge in [0.2, 0.25) is 17.7 Å². The summed E-state index contributed by atoms with van der Waals surface area (Å²) in [5, 5.41) is 17.0. The van der Waals surface area contributed by atoms with Crippen LogP contribution in [0.2, 0.25) is 0 Å². The average Bonchev–Trinajstić information content (AvgIpc) is 3.22. The number of β-amino-alcohol motifs (C(OH)–C–C–N with tert-alkyl or cyclic N) is 1. The molecule has 212 valence electrons. The summed E-state index contributed by atoms with van der Waals surface area (Å²) in [5.74, 6) is 1.23. The zero-order valence-electron chi connectivity index (χ0n) is 23.4. The Balaban J connectivity index is 1.27. The highest BCUT2D eigenvalue weighted by Gasteiger charge is 2.34. The number of amides is 2. The third-order valence-corrected chi connectivity index (χ3v) is 6.76. The smallest absolute Gasteiger partial charge is 0.250 e. The zero-order valence-corrected chi connectivity index (χ0v) is 23.4. The van der Waals surface area contributed by atoms with Crippen LogP contribution in [-0.2, 0) is 11.2 Å². The normalized spacial score (nSPS) is 15.4. The monoisotopic (exact) mass is 546 g/mol. The highest BCUT2D eigenvalue weighted by Crippen LogP contribution is 2.42. The fourth-order valence-electron chi connectivity index (χ4n) is 4.78. The second-order valence-corrected chi connectivity index (χ2v) is 11.3. The maximum Gasteiger partial charge on any atom is 0.250 e. The van der Waals surface area contributed by atoms with E-state index < -0.39 is 12.0 Å². The first kappa shape index (κ1) is 29.0. The van der Waals surface area contributed by atoms with Gasteiger partial charge in [-0.3, -0.25) is 9.59 Å². The molecule has 9 nitrogen and oxygen atoms in total. The Hall–Kier alpha value is -3.95. The molecule has 2 atom stereocenters. The van der Waals surface area contributed by atoms with Crippen molar-refractivity contribution in [2.75, 3.05) is 18.5 Å². The SMILES string of the molecule is CC(C)CC1C(=O)Nc2cccc(OC[C@@H](O)CNC(C)(C)Cc3ccc(Oc4ccc(C(N)=O)cn4)cc3)c21. The molecular formula is C31H38N4O5. The Labute approximate surface area is 235 Å². The van der Waals surface area contributed by atoms with Crippen LogP contribution in [0.15, 0.2) is 60.8 Å². The summed E-state index contributed by atoms with van der Waals surface area (Å²) in [6, 6.07) is 16.5. The number of nitrogens with two attached hydrogens (primary N) is 1. The fraction of sp³-hybridized carbons (Fsp3) is 0.387. The molecule has 0 radical (unpaired) electrons. The van der Waals surface area contributed by atoms with Gasteiger partial charge in [0.25, 0.3) is 0 Å². The van der Waals surface area contributed by atoms with Crippen molar-refractivity contribution in [2.24, 2.45) is 11.7 Å². The highest BCUT2D eigenvalue weighted by molar-refractivity contribution is 6.03. The second-order valence-electron chi connectivity index (χ2n) is 11.3. The maximum absolute atomic E-state index is 12.5. The number of primary amides is 1. The molecule has 5 N–H and O–H groups in total. The third kappa shape index (κ3) is 7.58. The highest BCUT2D eigenvalue weighted by atomic mass is 16.5. The number of rotatable bonds is 13. The molecule has 1 aromatic heterocycles. The molecule has 2 heterocycles. The van der Waals surface area contributed by atoms with Crippen molar-refractivity contribution < 1.29 is 24.2 Å².